The molecule has 0 spiro atoms. The zero-order valence-electron chi connectivity index (χ0n) is 8.38. The van der Waals surface area contributed by atoms with E-state index in [9.17, 15) is 4.79 Å². The van der Waals surface area contributed by atoms with Gasteiger partial charge in [-0.25, -0.2) is 9.97 Å². The van der Waals surface area contributed by atoms with Crippen molar-refractivity contribution in [1.82, 2.24) is 19.7 Å². The Morgan fingerprint density at radius 3 is 2.94 bits per heavy atom. The van der Waals surface area contributed by atoms with E-state index < -0.39 is 0 Å². The van der Waals surface area contributed by atoms with Crippen LogP contribution in [-0.2, 0) is 7.05 Å². The number of hydrogen-bond donors (Lipinski definition) is 1. The van der Waals surface area contributed by atoms with Crippen LogP contribution in [-0.4, -0.2) is 26.0 Å². The van der Waals surface area contributed by atoms with E-state index in [0.717, 1.165) is 0 Å². The highest BCUT2D eigenvalue weighted by Gasteiger charge is 2.09. The van der Waals surface area contributed by atoms with Gasteiger partial charge in [-0.05, 0) is 0 Å². The van der Waals surface area contributed by atoms with E-state index in [-0.39, 0.29) is 10.7 Å². The highest BCUT2D eigenvalue weighted by Crippen LogP contribution is 2.20. The molecule has 0 atom stereocenters. The largest absolute Gasteiger partial charge is 0.323 e. The number of aromatic nitrogens is 4. The van der Waals surface area contributed by atoms with Crippen molar-refractivity contribution in [2.24, 2.45) is 7.05 Å². The molecule has 0 aliphatic carbocycles. The van der Waals surface area contributed by atoms with Crippen LogP contribution in [0.3, 0.4) is 0 Å². The Labute approximate surface area is 96.3 Å². The van der Waals surface area contributed by atoms with Crippen molar-refractivity contribution in [3.8, 4) is 0 Å². The Morgan fingerprint density at radius 1 is 1.50 bits per heavy atom. The molecule has 82 valence electrons. The summed E-state index contributed by atoms with van der Waals surface area (Å²) in [7, 11) is 1.79. The molecule has 16 heavy (non-hydrogen) atoms. The van der Waals surface area contributed by atoms with E-state index in [4.69, 9.17) is 11.6 Å². The number of nitrogens with one attached hydrogen (secondary N) is 1. The van der Waals surface area contributed by atoms with Gasteiger partial charge >= 0.3 is 0 Å². The molecule has 0 aliphatic rings. The number of rotatable bonds is 3. The highest BCUT2D eigenvalue weighted by atomic mass is 35.5. The highest BCUT2D eigenvalue weighted by molar-refractivity contribution is 6.32. The lowest BCUT2D eigenvalue weighted by atomic mass is 10.3. The van der Waals surface area contributed by atoms with E-state index in [1.54, 1.807) is 24.0 Å². The van der Waals surface area contributed by atoms with Crippen molar-refractivity contribution in [3.05, 3.63) is 29.3 Å². The summed E-state index contributed by atoms with van der Waals surface area (Å²) in [6.45, 7) is 0. The molecule has 1 N–H and O–H groups in total. The molecular weight excluding hydrogens is 230 g/mol. The average molecular weight is 238 g/mol. The number of carbonyl (C=O) groups excluding carboxylic acids is 1. The fraction of sp³-hybridized carbons (Fsp3) is 0.111. The van der Waals surface area contributed by atoms with E-state index in [1.807, 2.05) is 0 Å². The maximum Gasteiger partial charge on any atom is 0.156 e. The Balaban J connectivity index is 2.34. The lowest BCUT2D eigenvalue weighted by Crippen LogP contribution is -2.01. The second kappa shape index (κ2) is 4.28. The van der Waals surface area contributed by atoms with E-state index in [1.165, 1.54) is 6.33 Å². The molecule has 2 aromatic heterocycles. The Bertz CT molecular complexity index is 524. The predicted octanol–water partition coefficient (Wildman–Crippen LogP) is 1.42. The summed E-state index contributed by atoms with van der Waals surface area (Å²) in [5, 5.41) is 7.10. The summed E-state index contributed by atoms with van der Waals surface area (Å²) >= 11 is 5.75. The first kappa shape index (κ1) is 10.6. The normalized spacial score (nSPS) is 10.1. The maximum absolute atomic E-state index is 10.8. The third-order valence-electron chi connectivity index (χ3n) is 1.91. The number of anilines is 2. The molecular formula is C9H8ClN5O. The van der Waals surface area contributed by atoms with Crippen LogP contribution in [0.15, 0.2) is 18.6 Å². The SMILES string of the molecule is Cn1ccc(Nc2ncnc(Cl)c2C=O)n1. The summed E-state index contributed by atoms with van der Waals surface area (Å²) < 4.78 is 1.63. The minimum Gasteiger partial charge on any atom is -0.323 e. The van der Waals surface area contributed by atoms with Gasteiger partial charge in [-0.15, -0.1) is 0 Å². The monoisotopic (exact) mass is 237 g/mol. The first-order valence-corrected chi connectivity index (χ1v) is 4.81. The Hall–Kier alpha value is -1.95. The molecule has 0 unspecified atom stereocenters. The predicted molar refractivity (Wildman–Crippen MR) is 58.9 cm³/mol. The van der Waals surface area contributed by atoms with Gasteiger partial charge in [0.1, 0.15) is 17.3 Å². The first-order valence-electron chi connectivity index (χ1n) is 4.43. The lowest BCUT2D eigenvalue weighted by Gasteiger charge is -2.04. The van der Waals surface area contributed by atoms with Crippen LogP contribution in [0.5, 0.6) is 0 Å². The molecule has 7 heteroatoms. The molecule has 0 aliphatic heterocycles. The lowest BCUT2D eigenvalue weighted by molar-refractivity contribution is 0.112. The number of aldehydes is 1. The smallest absolute Gasteiger partial charge is 0.156 e. The van der Waals surface area contributed by atoms with Crippen molar-refractivity contribution < 1.29 is 4.79 Å². The van der Waals surface area contributed by atoms with Gasteiger partial charge in [0.25, 0.3) is 0 Å². The van der Waals surface area contributed by atoms with E-state index in [2.05, 4.69) is 20.4 Å². The number of halogens is 1. The van der Waals surface area contributed by atoms with Gasteiger partial charge in [0.2, 0.25) is 0 Å². The number of carbonyl (C=O) groups is 1. The summed E-state index contributed by atoms with van der Waals surface area (Å²) in [6.07, 6.45) is 3.65. The van der Waals surface area contributed by atoms with Gasteiger partial charge in [0.15, 0.2) is 12.1 Å². The Kier molecular flexibility index (Phi) is 2.82. The van der Waals surface area contributed by atoms with Crippen LogP contribution >= 0.6 is 11.6 Å². The van der Waals surface area contributed by atoms with Crippen molar-refractivity contribution in [3.63, 3.8) is 0 Å². The molecule has 0 saturated heterocycles. The summed E-state index contributed by atoms with van der Waals surface area (Å²) in [4.78, 5) is 18.5. The van der Waals surface area contributed by atoms with Crippen molar-refractivity contribution >= 4 is 29.5 Å². The zero-order valence-corrected chi connectivity index (χ0v) is 9.14. The van der Waals surface area contributed by atoms with E-state index in [0.29, 0.717) is 17.9 Å². The maximum atomic E-state index is 10.8. The van der Waals surface area contributed by atoms with Crippen LogP contribution in [0.1, 0.15) is 10.4 Å². The minimum absolute atomic E-state index is 0.114. The van der Waals surface area contributed by atoms with Gasteiger partial charge in [-0.1, -0.05) is 11.6 Å². The van der Waals surface area contributed by atoms with Gasteiger partial charge in [0.05, 0.1) is 5.56 Å². The molecule has 2 rings (SSSR count). The third-order valence-corrected chi connectivity index (χ3v) is 2.21. The second-order valence-electron chi connectivity index (χ2n) is 3.04. The molecule has 6 nitrogen and oxygen atoms in total. The van der Waals surface area contributed by atoms with Crippen molar-refractivity contribution in [2.75, 3.05) is 5.32 Å². The number of hydrogen-bond acceptors (Lipinski definition) is 5. The first-order chi connectivity index (χ1) is 7.70. The van der Waals surface area contributed by atoms with Crippen LogP contribution in [0, 0.1) is 0 Å². The summed E-state index contributed by atoms with van der Waals surface area (Å²) in [6, 6.07) is 1.75. The molecule has 2 aromatic rings. The van der Waals surface area contributed by atoms with Crippen molar-refractivity contribution in [1.29, 1.82) is 0 Å². The Morgan fingerprint density at radius 2 is 2.31 bits per heavy atom. The number of nitrogens with zero attached hydrogens (tertiary/aromatic N) is 4. The minimum atomic E-state index is 0.114. The van der Waals surface area contributed by atoms with Gasteiger partial charge in [-0.3, -0.25) is 9.48 Å². The fourth-order valence-corrected chi connectivity index (χ4v) is 1.36. The summed E-state index contributed by atoms with van der Waals surface area (Å²) in [5.74, 6) is 0.925. The average Bonchev–Trinajstić information content (AvgIpc) is 2.64. The second-order valence-corrected chi connectivity index (χ2v) is 3.40. The van der Waals surface area contributed by atoms with Gasteiger partial charge < -0.3 is 5.32 Å². The molecule has 0 fully saturated rings. The van der Waals surface area contributed by atoms with E-state index >= 15 is 0 Å². The standard InChI is InChI=1S/C9H8ClN5O/c1-15-3-2-7(14-15)13-9-6(4-16)8(10)11-5-12-9/h2-5H,1H3,(H,11,12,13,14). The quantitative estimate of drug-likeness (QED) is 0.646. The molecule has 0 saturated carbocycles. The van der Waals surface area contributed by atoms with Crippen LogP contribution in [0.2, 0.25) is 5.15 Å². The fourth-order valence-electron chi connectivity index (χ4n) is 1.18. The molecule has 0 aromatic carbocycles. The van der Waals surface area contributed by atoms with Crippen LogP contribution in [0.25, 0.3) is 0 Å². The van der Waals surface area contributed by atoms with Crippen LogP contribution < -0.4 is 5.32 Å². The molecule has 0 bridgehead atoms. The molecule has 0 radical (unpaired) electrons. The van der Waals surface area contributed by atoms with Crippen LogP contribution in [0.4, 0.5) is 11.6 Å². The topological polar surface area (TPSA) is 72.7 Å². The molecule has 0 amide bonds. The number of aryl methyl sites for hydroxylation is 1. The van der Waals surface area contributed by atoms with Crippen molar-refractivity contribution in [2.45, 2.75) is 0 Å². The summed E-state index contributed by atoms with van der Waals surface area (Å²) in [5.41, 5.74) is 0.217. The zero-order chi connectivity index (χ0) is 11.5. The van der Waals surface area contributed by atoms with Gasteiger partial charge in [-0.2, -0.15) is 5.10 Å². The third kappa shape index (κ3) is 2.01. The van der Waals surface area contributed by atoms with Gasteiger partial charge in [0, 0.05) is 19.3 Å². The molecule has 2 heterocycles.